The highest BCUT2D eigenvalue weighted by Gasteiger charge is 2.23. The Labute approximate surface area is 124 Å². The molecule has 5 heteroatoms. The zero-order valence-corrected chi connectivity index (χ0v) is 12.2. The van der Waals surface area contributed by atoms with E-state index in [9.17, 15) is 4.79 Å². The Morgan fingerprint density at radius 1 is 1.48 bits per heavy atom. The first-order valence-electron chi connectivity index (χ1n) is 7.07. The van der Waals surface area contributed by atoms with Gasteiger partial charge in [-0.25, -0.2) is 0 Å². The second kappa shape index (κ2) is 7.77. The topological polar surface area (TPSA) is 62.7 Å². The van der Waals surface area contributed by atoms with Crippen molar-refractivity contribution in [3.8, 4) is 11.8 Å². The number of pyridine rings is 1. The van der Waals surface area contributed by atoms with E-state index in [0.29, 0.717) is 17.0 Å². The largest absolute Gasteiger partial charge is 0.384 e. The molecule has 0 unspecified atom stereocenters. The molecule has 2 heterocycles. The minimum absolute atomic E-state index is 0.00832. The van der Waals surface area contributed by atoms with Crippen molar-refractivity contribution in [3.63, 3.8) is 0 Å². The highest BCUT2D eigenvalue weighted by molar-refractivity contribution is 5.94. The summed E-state index contributed by atoms with van der Waals surface area (Å²) >= 11 is 0. The highest BCUT2D eigenvalue weighted by Crippen LogP contribution is 2.19. The third-order valence-electron chi connectivity index (χ3n) is 3.60. The molecule has 1 fully saturated rings. The van der Waals surface area contributed by atoms with E-state index in [2.05, 4.69) is 16.8 Å². The van der Waals surface area contributed by atoms with E-state index < -0.39 is 0 Å². The number of aromatic nitrogens is 1. The molecule has 1 aliphatic rings. The molecule has 21 heavy (non-hydrogen) atoms. The molecule has 1 aromatic heterocycles. The lowest BCUT2D eigenvalue weighted by Gasteiger charge is -2.31. The van der Waals surface area contributed by atoms with Gasteiger partial charge >= 0.3 is 0 Å². The lowest BCUT2D eigenvalue weighted by atomic mass is 9.97. The lowest BCUT2D eigenvalue weighted by Crippen LogP contribution is -2.39. The fourth-order valence-electron chi connectivity index (χ4n) is 2.49. The third-order valence-corrected chi connectivity index (χ3v) is 3.60. The van der Waals surface area contributed by atoms with Gasteiger partial charge in [-0.3, -0.25) is 9.78 Å². The predicted molar refractivity (Wildman–Crippen MR) is 78.7 cm³/mol. The summed E-state index contributed by atoms with van der Waals surface area (Å²) in [5.74, 6) is 5.86. The van der Waals surface area contributed by atoms with E-state index in [4.69, 9.17) is 9.84 Å². The molecule has 1 aromatic rings. The van der Waals surface area contributed by atoms with Gasteiger partial charge in [-0.05, 0) is 24.8 Å². The molecule has 0 bridgehead atoms. The summed E-state index contributed by atoms with van der Waals surface area (Å²) in [6.07, 6.45) is 5.09. The van der Waals surface area contributed by atoms with Crippen LogP contribution in [0, 0.1) is 17.8 Å². The van der Waals surface area contributed by atoms with E-state index >= 15 is 0 Å². The molecular formula is C16H20N2O3. The van der Waals surface area contributed by atoms with Crippen LogP contribution in [-0.4, -0.2) is 54.3 Å². The smallest absolute Gasteiger partial charge is 0.255 e. The van der Waals surface area contributed by atoms with Gasteiger partial charge < -0.3 is 14.7 Å². The number of carbonyl (C=O) groups is 1. The minimum atomic E-state index is -0.203. The second-order valence-corrected chi connectivity index (χ2v) is 5.11. The van der Waals surface area contributed by atoms with Crippen molar-refractivity contribution in [2.24, 2.45) is 5.92 Å². The van der Waals surface area contributed by atoms with E-state index in [1.54, 1.807) is 25.6 Å². The first kappa shape index (κ1) is 15.5. The first-order valence-corrected chi connectivity index (χ1v) is 7.07. The van der Waals surface area contributed by atoms with Crippen molar-refractivity contribution in [3.05, 3.63) is 29.6 Å². The van der Waals surface area contributed by atoms with Crippen molar-refractivity contribution in [1.29, 1.82) is 0 Å². The number of aliphatic hydroxyl groups is 1. The van der Waals surface area contributed by atoms with Crippen LogP contribution in [0.2, 0.25) is 0 Å². The Balaban J connectivity index is 2.00. The summed E-state index contributed by atoms with van der Waals surface area (Å²) < 4.78 is 5.17. The van der Waals surface area contributed by atoms with E-state index in [1.165, 1.54) is 0 Å². The number of methoxy groups -OCH3 is 1. The Hall–Kier alpha value is -1.90. The zero-order valence-electron chi connectivity index (χ0n) is 12.2. The molecule has 1 N–H and O–H groups in total. The third kappa shape index (κ3) is 4.28. The second-order valence-electron chi connectivity index (χ2n) is 5.11. The minimum Gasteiger partial charge on any atom is -0.384 e. The summed E-state index contributed by atoms with van der Waals surface area (Å²) in [6.45, 7) is 2.06. The number of hydrogen-bond acceptors (Lipinski definition) is 4. The van der Waals surface area contributed by atoms with Gasteiger partial charge in [0.25, 0.3) is 5.91 Å². The molecule has 0 saturated carbocycles. The van der Waals surface area contributed by atoms with Crippen LogP contribution >= 0.6 is 0 Å². The van der Waals surface area contributed by atoms with Gasteiger partial charge in [0.1, 0.15) is 6.61 Å². The SMILES string of the molecule is COCC1CCN(C(=O)c2cncc(C#CCO)c2)CC1. The molecule has 1 aliphatic heterocycles. The summed E-state index contributed by atoms with van der Waals surface area (Å²) in [5, 5.41) is 8.70. The average Bonchev–Trinajstić information content (AvgIpc) is 2.53. The van der Waals surface area contributed by atoms with Gasteiger partial charge in [-0.15, -0.1) is 0 Å². The summed E-state index contributed by atoms with van der Waals surface area (Å²) in [6, 6.07) is 1.72. The summed E-state index contributed by atoms with van der Waals surface area (Å²) in [5.41, 5.74) is 1.19. The van der Waals surface area contributed by atoms with Gasteiger partial charge in [0, 0.05) is 44.8 Å². The Bertz CT molecular complexity index is 540. The molecule has 0 aliphatic carbocycles. The fraction of sp³-hybridized carbons (Fsp3) is 0.500. The van der Waals surface area contributed by atoms with Crippen LogP contribution in [0.5, 0.6) is 0 Å². The number of hydrogen-bond donors (Lipinski definition) is 1. The van der Waals surface area contributed by atoms with Gasteiger partial charge in [-0.1, -0.05) is 11.8 Å². The Morgan fingerprint density at radius 3 is 2.90 bits per heavy atom. The normalized spacial score (nSPS) is 15.4. The number of piperidine rings is 1. The molecule has 1 amide bonds. The molecule has 1 saturated heterocycles. The van der Waals surface area contributed by atoms with Gasteiger partial charge in [0.15, 0.2) is 0 Å². The maximum Gasteiger partial charge on any atom is 0.255 e. The van der Waals surface area contributed by atoms with Gasteiger partial charge in [0.2, 0.25) is 0 Å². The Morgan fingerprint density at radius 2 is 2.24 bits per heavy atom. The molecule has 0 radical (unpaired) electrons. The van der Waals surface area contributed by atoms with Crippen molar-refractivity contribution < 1.29 is 14.6 Å². The van der Waals surface area contributed by atoms with Crippen LogP contribution < -0.4 is 0 Å². The van der Waals surface area contributed by atoms with E-state index in [0.717, 1.165) is 32.5 Å². The zero-order chi connectivity index (χ0) is 15.1. The summed E-state index contributed by atoms with van der Waals surface area (Å²) in [4.78, 5) is 18.3. The highest BCUT2D eigenvalue weighted by atomic mass is 16.5. The lowest BCUT2D eigenvalue weighted by molar-refractivity contribution is 0.0613. The maximum atomic E-state index is 12.4. The number of rotatable bonds is 3. The van der Waals surface area contributed by atoms with Crippen LogP contribution in [0.15, 0.2) is 18.5 Å². The fourth-order valence-corrected chi connectivity index (χ4v) is 2.49. The molecular weight excluding hydrogens is 268 g/mol. The quantitative estimate of drug-likeness (QED) is 0.840. The van der Waals surface area contributed by atoms with Gasteiger partial charge in [0.05, 0.1) is 5.56 Å². The monoisotopic (exact) mass is 288 g/mol. The average molecular weight is 288 g/mol. The van der Waals surface area contributed by atoms with Crippen LogP contribution in [0.4, 0.5) is 0 Å². The van der Waals surface area contributed by atoms with Crippen molar-refractivity contribution in [1.82, 2.24) is 9.88 Å². The van der Waals surface area contributed by atoms with Crippen LogP contribution in [-0.2, 0) is 4.74 Å². The van der Waals surface area contributed by atoms with Gasteiger partial charge in [-0.2, -0.15) is 0 Å². The molecule has 0 spiro atoms. The number of likely N-dealkylation sites (tertiary alicyclic amines) is 1. The van der Waals surface area contributed by atoms with Crippen LogP contribution in [0.1, 0.15) is 28.8 Å². The van der Waals surface area contributed by atoms with Crippen LogP contribution in [0.3, 0.4) is 0 Å². The Kier molecular flexibility index (Phi) is 5.73. The number of ether oxygens (including phenoxy) is 1. The first-order chi connectivity index (χ1) is 10.2. The van der Waals surface area contributed by atoms with Crippen molar-refractivity contribution in [2.75, 3.05) is 33.4 Å². The standard InChI is InChI=1S/C16H20N2O3/c1-21-12-13-4-6-18(7-5-13)16(20)15-9-14(3-2-8-19)10-17-11-15/h9-11,13,19H,4-8,12H2,1H3. The molecule has 0 aromatic carbocycles. The molecule has 5 nitrogen and oxygen atoms in total. The predicted octanol–water partition coefficient (Wildman–Crippen LogP) is 0.924. The number of carbonyl (C=O) groups excluding carboxylic acids is 1. The number of nitrogens with zero attached hydrogens (tertiary/aromatic N) is 2. The van der Waals surface area contributed by atoms with Crippen molar-refractivity contribution in [2.45, 2.75) is 12.8 Å². The molecule has 2 rings (SSSR count). The maximum absolute atomic E-state index is 12.4. The summed E-state index contributed by atoms with van der Waals surface area (Å²) in [7, 11) is 1.71. The number of aliphatic hydroxyl groups excluding tert-OH is 1. The van der Waals surface area contributed by atoms with Crippen LogP contribution in [0.25, 0.3) is 0 Å². The molecule has 0 atom stereocenters. The van der Waals surface area contributed by atoms with E-state index in [-0.39, 0.29) is 12.5 Å². The molecule has 112 valence electrons. The van der Waals surface area contributed by atoms with E-state index in [1.807, 2.05) is 4.90 Å². The number of amides is 1. The van der Waals surface area contributed by atoms with Crippen molar-refractivity contribution >= 4 is 5.91 Å².